The monoisotopic (exact) mass is 285 g/mol. The van der Waals surface area contributed by atoms with Gasteiger partial charge < -0.3 is 9.14 Å². The van der Waals surface area contributed by atoms with Gasteiger partial charge in [-0.3, -0.25) is 4.79 Å². The summed E-state index contributed by atoms with van der Waals surface area (Å²) < 4.78 is 44.6. The van der Waals surface area contributed by atoms with E-state index in [2.05, 4.69) is 0 Å². The molecular weight excluding hydrogens is 271 g/mol. The van der Waals surface area contributed by atoms with E-state index in [1.54, 1.807) is 24.4 Å². The van der Waals surface area contributed by atoms with Crippen molar-refractivity contribution in [1.29, 1.82) is 0 Å². The fourth-order valence-corrected chi connectivity index (χ4v) is 2.12. The van der Waals surface area contributed by atoms with Crippen LogP contribution in [0.4, 0.5) is 13.2 Å². The predicted octanol–water partition coefficient (Wildman–Crippen LogP) is 3.37. The molecule has 0 aromatic carbocycles. The van der Waals surface area contributed by atoms with Crippen LogP contribution in [0.5, 0.6) is 0 Å². The van der Waals surface area contributed by atoms with E-state index < -0.39 is 17.7 Å². The van der Waals surface area contributed by atoms with Crippen molar-refractivity contribution >= 4 is 11.5 Å². The number of hydrogen-bond acceptors (Lipinski definition) is 2. The van der Waals surface area contributed by atoms with Crippen LogP contribution < -0.4 is 0 Å². The van der Waals surface area contributed by atoms with Crippen LogP contribution in [0.1, 0.15) is 23.6 Å². The Morgan fingerprint density at radius 2 is 2.10 bits per heavy atom. The lowest BCUT2D eigenvalue weighted by molar-refractivity contribution is -0.142. The maximum atomic E-state index is 12.7. The van der Waals surface area contributed by atoms with Gasteiger partial charge in [-0.15, -0.1) is 0 Å². The molecule has 2 heterocycles. The smallest absolute Gasteiger partial charge is 0.416 e. The van der Waals surface area contributed by atoms with Gasteiger partial charge in [0.05, 0.1) is 18.6 Å². The third-order valence-corrected chi connectivity index (χ3v) is 3.06. The first-order valence-corrected chi connectivity index (χ1v) is 6.16. The molecule has 0 fully saturated rings. The molecular formula is C14H14F3NO2. The predicted molar refractivity (Wildman–Crippen MR) is 67.5 cm³/mol. The molecule has 0 amide bonds. The summed E-state index contributed by atoms with van der Waals surface area (Å²) in [6.07, 6.45) is -1.39. The number of fused-ring (bicyclic) bond motifs is 1. The number of rotatable bonds is 3. The first-order valence-electron chi connectivity index (χ1n) is 6.16. The molecule has 108 valence electrons. The molecule has 0 spiro atoms. The number of esters is 1. The number of alkyl halides is 3. The summed E-state index contributed by atoms with van der Waals surface area (Å²) in [5.74, 6) is -0.443. The molecule has 0 aliphatic carbocycles. The topological polar surface area (TPSA) is 30.7 Å². The van der Waals surface area contributed by atoms with Crippen molar-refractivity contribution in [3.8, 4) is 0 Å². The van der Waals surface area contributed by atoms with Crippen LogP contribution in [-0.2, 0) is 22.1 Å². The first kappa shape index (κ1) is 14.4. The highest BCUT2D eigenvalue weighted by atomic mass is 19.4. The van der Waals surface area contributed by atoms with E-state index in [0.29, 0.717) is 11.1 Å². The van der Waals surface area contributed by atoms with Crippen molar-refractivity contribution in [3.63, 3.8) is 0 Å². The summed E-state index contributed by atoms with van der Waals surface area (Å²) >= 11 is 0. The zero-order valence-corrected chi connectivity index (χ0v) is 11.1. The van der Waals surface area contributed by atoms with Gasteiger partial charge in [-0.1, -0.05) is 0 Å². The molecule has 0 saturated heterocycles. The standard InChI is InChI=1S/C14H14F3NO2/c1-3-20-13(19)7-11-9(2)8-18-5-4-10(6-12(11)18)14(15,16)17/h4-6,8H,3,7H2,1-2H3. The van der Waals surface area contributed by atoms with Crippen LogP contribution in [-0.4, -0.2) is 17.0 Å². The molecule has 20 heavy (non-hydrogen) atoms. The summed E-state index contributed by atoms with van der Waals surface area (Å²) in [5, 5.41) is 0. The average molecular weight is 285 g/mol. The van der Waals surface area contributed by atoms with Crippen LogP contribution in [0.15, 0.2) is 24.5 Å². The van der Waals surface area contributed by atoms with Crippen molar-refractivity contribution in [2.24, 2.45) is 0 Å². The number of aromatic nitrogens is 1. The van der Waals surface area contributed by atoms with Gasteiger partial charge in [0, 0.05) is 17.9 Å². The zero-order chi connectivity index (χ0) is 14.9. The fraction of sp³-hybridized carbons (Fsp3) is 0.357. The van der Waals surface area contributed by atoms with Crippen LogP contribution >= 0.6 is 0 Å². The van der Waals surface area contributed by atoms with Crippen LogP contribution in [0.2, 0.25) is 0 Å². The summed E-state index contributed by atoms with van der Waals surface area (Å²) in [7, 11) is 0. The SMILES string of the molecule is CCOC(=O)Cc1c(C)cn2ccc(C(F)(F)F)cc12. The minimum atomic E-state index is -4.40. The van der Waals surface area contributed by atoms with Crippen molar-refractivity contribution in [3.05, 3.63) is 41.2 Å². The molecule has 0 radical (unpaired) electrons. The third kappa shape index (κ3) is 2.79. The quantitative estimate of drug-likeness (QED) is 0.809. The van der Waals surface area contributed by atoms with Gasteiger partial charge in [-0.2, -0.15) is 13.2 Å². The molecule has 6 heteroatoms. The Kier molecular flexibility index (Phi) is 3.74. The second-order valence-electron chi connectivity index (χ2n) is 4.48. The molecule has 0 N–H and O–H groups in total. The highest BCUT2D eigenvalue weighted by Gasteiger charge is 2.31. The van der Waals surface area contributed by atoms with Gasteiger partial charge in [0.15, 0.2) is 0 Å². The van der Waals surface area contributed by atoms with Gasteiger partial charge in [0.2, 0.25) is 0 Å². The van der Waals surface area contributed by atoms with Crippen molar-refractivity contribution in [2.45, 2.75) is 26.4 Å². The maximum absolute atomic E-state index is 12.7. The van der Waals surface area contributed by atoms with E-state index in [1.165, 1.54) is 6.20 Å². The number of carbonyl (C=O) groups is 1. The van der Waals surface area contributed by atoms with Gasteiger partial charge in [-0.05, 0) is 37.1 Å². The lowest BCUT2D eigenvalue weighted by Gasteiger charge is -2.08. The molecule has 0 aliphatic heterocycles. The summed E-state index contributed by atoms with van der Waals surface area (Å²) in [4.78, 5) is 11.5. The minimum Gasteiger partial charge on any atom is -0.466 e. The first-order chi connectivity index (χ1) is 9.32. The lowest BCUT2D eigenvalue weighted by Crippen LogP contribution is -2.09. The Bertz CT molecular complexity index is 644. The second kappa shape index (κ2) is 5.19. The fourth-order valence-electron chi connectivity index (χ4n) is 2.12. The van der Waals surface area contributed by atoms with Crippen molar-refractivity contribution in [1.82, 2.24) is 4.40 Å². The molecule has 2 aromatic heterocycles. The third-order valence-electron chi connectivity index (χ3n) is 3.06. The number of nitrogens with zero attached hydrogens (tertiary/aromatic N) is 1. The molecule has 0 aliphatic rings. The van der Waals surface area contributed by atoms with Gasteiger partial charge in [0.1, 0.15) is 0 Å². The Morgan fingerprint density at radius 1 is 1.40 bits per heavy atom. The average Bonchev–Trinajstić information content (AvgIpc) is 2.64. The summed E-state index contributed by atoms with van der Waals surface area (Å²) in [5.41, 5.74) is 0.977. The maximum Gasteiger partial charge on any atom is 0.416 e. The molecule has 0 saturated carbocycles. The molecule has 3 nitrogen and oxygen atoms in total. The minimum absolute atomic E-state index is 0.0303. The van der Waals surface area contributed by atoms with Gasteiger partial charge in [-0.25, -0.2) is 0 Å². The Labute approximate surface area is 114 Å². The Balaban J connectivity index is 2.47. The number of carbonyl (C=O) groups excluding carboxylic acids is 1. The van der Waals surface area contributed by atoms with E-state index in [9.17, 15) is 18.0 Å². The highest BCUT2D eigenvalue weighted by molar-refractivity contribution is 5.77. The Hall–Kier alpha value is -1.98. The van der Waals surface area contributed by atoms with Crippen molar-refractivity contribution in [2.75, 3.05) is 6.61 Å². The second-order valence-corrected chi connectivity index (χ2v) is 4.48. The van der Waals surface area contributed by atoms with E-state index in [0.717, 1.165) is 17.7 Å². The number of aryl methyl sites for hydroxylation is 1. The number of pyridine rings is 1. The number of hydrogen-bond donors (Lipinski definition) is 0. The van der Waals surface area contributed by atoms with Crippen molar-refractivity contribution < 1.29 is 22.7 Å². The number of ether oxygens (including phenoxy) is 1. The van der Waals surface area contributed by atoms with Crippen LogP contribution in [0.3, 0.4) is 0 Å². The zero-order valence-electron chi connectivity index (χ0n) is 11.1. The highest BCUT2D eigenvalue weighted by Crippen LogP contribution is 2.31. The molecule has 0 unspecified atom stereocenters. The normalized spacial score (nSPS) is 11.8. The molecule has 2 rings (SSSR count). The molecule has 2 aromatic rings. The van der Waals surface area contributed by atoms with Crippen LogP contribution in [0, 0.1) is 6.92 Å². The van der Waals surface area contributed by atoms with E-state index in [-0.39, 0.29) is 13.0 Å². The molecule has 0 bridgehead atoms. The molecule has 0 atom stereocenters. The van der Waals surface area contributed by atoms with E-state index >= 15 is 0 Å². The summed E-state index contributed by atoms with van der Waals surface area (Å²) in [6.45, 7) is 3.69. The number of halogens is 3. The van der Waals surface area contributed by atoms with Crippen LogP contribution in [0.25, 0.3) is 5.52 Å². The van der Waals surface area contributed by atoms with Gasteiger partial charge in [0.25, 0.3) is 0 Å². The largest absolute Gasteiger partial charge is 0.466 e. The lowest BCUT2D eigenvalue weighted by atomic mass is 10.1. The summed E-state index contributed by atoms with van der Waals surface area (Å²) in [6, 6.07) is 2.07. The van der Waals surface area contributed by atoms with E-state index in [1.807, 2.05) is 0 Å². The van der Waals surface area contributed by atoms with Gasteiger partial charge >= 0.3 is 12.1 Å². The Morgan fingerprint density at radius 3 is 2.70 bits per heavy atom. The van der Waals surface area contributed by atoms with E-state index in [4.69, 9.17) is 4.74 Å².